The second-order valence-corrected chi connectivity index (χ2v) is 10.8. The Morgan fingerprint density at radius 2 is 1.66 bits per heavy atom. The number of hydrogen-bond acceptors (Lipinski definition) is 3. The quantitative estimate of drug-likeness (QED) is 0.707. The molecule has 1 spiro atoms. The molecular weight excluding hydrogens is 398 g/mol. The molecule has 1 aromatic carbocycles. The molecule has 32 heavy (non-hydrogen) atoms. The maximum absolute atomic E-state index is 13.4. The summed E-state index contributed by atoms with van der Waals surface area (Å²) in [7, 11) is 0. The molecule has 2 amide bonds. The van der Waals surface area contributed by atoms with Gasteiger partial charge in [0.15, 0.2) is 0 Å². The fourth-order valence-electron chi connectivity index (χ4n) is 6.20. The standard InChI is InChI=1S/C27H39N3O2/c1-20(19-25(31)28-23-5-3-2-4-6-23)29-16-13-27(14-17-29)15-18-30(26(27)32)24-11-9-22(10-12-24)21-7-8-21/h9-12,20-21,23H,2-8,13-19H2,1H3,(H,28,31). The van der Waals surface area contributed by atoms with E-state index in [0.717, 1.165) is 63.3 Å². The zero-order valence-electron chi connectivity index (χ0n) is 19.7. The number of likely N-dealkylation sites (tertiary alicyclic amines) is 1. The van der Waals surface area contributed by atoms with Crippen LogP contribution >= 0.6 is 0 Å². The third-order valence-electron chi connectivity index (χ3n) is 8.60. The highest BCUT2D eigenvalue weighted by molar-refractivity contribution is 6.00. The highest BCUT2D eigenvalue weighted by Crippen LogP contribution is 2.44. The van der Waals surface area contributed by atoms with Gasteiger partial charge in [-0.25, -0.2) is 0 Å². The molecule has 2 heterocycles. The summed E-state index contributed by atoms with van der Waals surface area (Å²) in [5.41, 5.74) is 2.28. The van der Waals surface area contributed by atoms with E-state index in [1.54, 1.807) is 0 Å². The number of amides is 2. The van der Waals surface area contributed by atoms with Crippen LogP contribution in [0.2, 0.25) is 0 Å². The van der Waals surface area contributed by atoms with E-state index in [-0.39, 0.29) is 17.4 Å². The van der Waals surface area contributed by atoms with Crippen LogP contribution in [0, 0.1) is 5.41 Å². The van der Waals surface area contributed by atoms with Crippen LogP contribution < -0.4 is 10.2 Å². The van der Waals surface area contributed by atoms with Crippen molar-refractivity contribution in [2.45, 2.75) is 95.6 Å². The predicted octanol–water partition coefficient (Wildman–Crippen LogP) is 4.61. The van der Waals surface area contributed by atoms with E-state index in [4.69, 9.17) is 0 Å². The molecule has 174 valence electrons. The summed E-state index contributed by atoms with van der Waals surface area (Å²) in [6, 6.07) is 9.34. The molecule has 0 radical (unpaired) electrons. The van der Waals surface area contributed by atoms with E-state index < -0.39 is 0 Å². The summed E-state index contributed by atoms with van der Waals surface area (Å²) >= 11 is 0. The molecule has 2 aliphatic heterocycles. The van der Waals surface area contributed by atoms with Gasteiger partial charge in [0.25, 0.3) is 0 Å². The number of hydrogen-bond donors (Lipinski definition) is 1. The Labute approximate surface area is 192 Å². The van der Waals surface area contributed by atoms with Gasteiger partial charge in [0.05, 0.1) is 5.41 Å². The van der Waals surface area contributed by atoms with E-state index in [1.165, 1.54) is 37.7 Å². The number of rotatable bonds is 6. The van der Waals surface area contributed by atoms with Gasteiger partial charge in [-0.15, -0.1) is 0 Å². The van der Waals surface area contributed by atoms with Crippen LogP contribution in [-0.4, -0.2) is 48.4 Å². The van der Waals surface area contributed by atoms with E-state index in [1.807, 2.05) is 4.90 Å². The van der Waals surface area contributed by atoms with Crippen molar-refractivity contribution in [2.24, 2.45) is 5.41 Å². The van der Waals surface area contributed by atoms with Gasteiger partial charge < -0.3 is 15.1 Å². The molecule has 2 saturated heterocycles. The van der Waals surface area contributed by atoms with Crippen LogP contribution in [0.5, 0.6) is 0 Å². The second kappa shape index (κ2) is 9.17. The van der Waals surface area contributed by atoms with Crippen LogP contribution in [0.15, 0.2) is 24.3 Å². The molecule has 1 unspecified atom stereocenters. The molecule has 1 N–H and O–H groups in total. The Balaban J connectivity index is 1.12. The molecule has 2 saturated carbocycles. The molecule has 0 bridgehead atoms. The Bertz CT molecular complexity index is 818. The topological polar surface area (TPSA) is 52.7 Å². The zero-order chi connectivity index (χ0) is 22.1. The van der Waals surface area contributed by atoms with Crippen LogP contribution in [0.25, 0.3) is 0 Å². The van der Waals surface area contributed by atoms with Crippen molar-refractivity contribution in [3.05, 3.63) is 29.8 Å². The van der Waals surface area contributed by atoms with Gasteiger partial charge in [-0.2, -0.15) is 0 Å². The van der Waals surface area contributed by atoms with Crippen molar-refractivity contribution in [2.75, 3.05) is 24.5 Å². The Morgan fingerprint density at radius 3 is 2.31 bits per heavy atom. The van der Waals surface area contributed by atoms with Crippen LogP contribution in [0.1, 0.15) is 89.0 Å². The molecule has 0 aromatic heterocycles. The van der Waals surface area contributed by atoms with E-state index in [0.29, 0.717) is 18.4 Å². The van der Waals surface area contributed by atoms with Gasteiger partial charge in [0, 0.05) is 30.7 Å². The number of nitrogens with zero attached hydrogens (tertiary/aromatic N) is 2. The summed E-state index contributed by atoms with van der Waals surface area (Å²) in [4.78, 5) is 30.4. The minimum absolute atomic E-state index is 0.197. The van der Waals surface area contributed by atoms with Gasteiger partial charge in [0.2, 0.25) is 11.8 Å². The Morgan fingerprint density at radius 1 is 1.00 bits per heavy atom. The second-order valence-electron chi connectivity index (χ2n) is 10.8. The van der Waals surface area contributed by atoms with Crippen LogP contribution in [0.4, 0.5) is 5.69 Å². The predicted molar refractivity (Wildman–Crippen MR) is 128 cm³/mol. The highest BCUT2D eigenvalue weighted by Gasteiger charge is 2.48. The first kappa shape index (κ1) is 21.9. The summed E-state index contributed by atoms with van der Waals surface area (Å²) in [5, 5.41) is 3.26. The lowest BCUT2D eigenvalue weighted by Gasteiger charge is -2.40. The van der Waals surface area contributed by atoms with Crippen molar-refractivity contribution < 1.29 is 9.59 Å². The highest BCUT2D eigenvalue weighted by atomic mass is 16.2. The molecule has 4 fully saturated rings. The first-order valence-electron chi connectivity index (χ1n) is 13.0. The molecule has 1 atom stereocenters. The molecule has 2 aliphatic carbocycles. The van der Waals surface area contributed by atoms with Gasteiger partial charge in [0.1, 0.15) is 0 Å². The fourth-order valence-corrected chi connectivity index (χ4v) is 6.20. The molecule has 5 rings (SSSR count). The van der Waals surface area contributed by atoms with Crippen molar-refractivity contribution in [3.8, 4) is 0 Å². The number of benzene rings is 1. The first-order valence-corrected chi connectivity index (χ1v) is 13.0. The zero-order valence-corrected chi connectivity index (χ0v) is 19.7. The monoisotopic (exact) mass is 437 g/mol. The van der Waals surface area contributed by atoms with Crippen molar-refractivity contribution >= 4 is 17.5 Å². The average molecular weight is 438 g/mol. The van der Waals surface area contributed by atoms with Crippen molar-refractivity contribution in [1.29, 1.82) is 0 Å². The average Bonchev–Trinajstić information content (AvgIpc) is 3.61. The summed E-state index contributed by atoms with van der Waals surface area (Å²) in [5.74, 6) is 1.27. The smallest absolute Gasteiger partial charge is 0.233 e. The first-order chi connectivity index (χ1) is 15.5. The maximum Gasteiger partial charge on any atom is 0.233 e. The van der Waals surface area contributed by atoms with E-state index in [2.05, 4.69) is 41.4 Å². The summed E-state index contributed by atoms with van der Waals surface area (Å²) < 4.78 is 0. The maximum atomic E-state index is 13.4. The third-order valence-corrected chi connectivity index (χ3v) is 8.60. The number of piperidine rings is 1. The molecular formula is C27H39N3O2. The van der Waals surface area contributed by atoms with Gasteiger partial charge >= 0.3 is 0 Å². The lowest BCUT2D eigenvalue weighted by atomic mass is 9.76. The fraction of sp³-hybridized carbons (Fsp3) is 0.704. The van der Waals surface area contributed by atoms with Crippen LogP contribution in [0.3, 0.4) is 0 Å². The Hall–Kier alpha value is -1.88. The Kier molecular flexibility index (Phi) is 6.28. The normalized spacial score (nSPS) is 25.3. The lowest BCUT2D eigenvalue weighted by Crippen LogP contribution is -2.49. The van der Waals surface area contributed by atoms with Gasteiger partial charge in [-0.3, -0.25) is 9.59 Å². The van der Waals surface area contributed by atoms with E-state index >= 15 is 0 Å². The largest absolute Gasteiger partial charge is 0.353 e. The SMILES string of the molecule is CC(CC(=O)NC1CCCCC1)N1CCC2(CCN(c3ccc(C4CC4)cc3)C2=O)CC1. The minimum Gasteiger partial charge on any atom is -0.353 e. The number of nitrogens with one attached hydrogen (secondary N) is 1. The van der Waals surface area contributed by atoms with Crippen molar-refractivity contribution in [1.82, 2.24) is 10.2 Å². The molecule has 5 nitrogen and oxygen atoms in total. The summed E-state index contributed by atoms with van der Waals surface area (Å²) in [6.45, 7) is 4.83. The van der Waals surface area contributed by atoms with Crippen molar-refractivity contribution in [3.63, 3.8) is 0 Å². The minimum atomic E-state index is -0.199. The number of carbonyl (C=O) groups excluding carboxylic acids is 2. The van der Waals surface area contributed by atoms with Gasteiger partial charge in [-0.1, -0.05) is 31.4 Å². The lowest BCUT2D eigenvalue weighted by molar-refractivity contribution is -0.129. The van der Waals surface area contributed by atoms with Crippen LogP contribution in [-0.2, 0) is 9.59 Å². The molecule has 5 heteroatoms. The molecule has 4 aliphatic rings. The van der Waals surface area contributed by atoms with E-state index in [9.17, 15) is 9.59 Å². The summed E-state index contributed by atoms with van der Waals surface area (Å²) in [6.07, 6.45) is 12.0. The number of anilines is 1. The third kappa shape index (κ3) is 4.59. The molecule has 1 aromatic rings. The number of carbonyl (C=O) groups is 2. The van der Waals surface area contributed by atoms with Gasteiger partial charge in [-0.05, 0) is 88.6 Å².